The predicted octanol–water partition coefficient (Wildman–Crippen LogP) is 5.99. The molecule has 4 rings (SSSR count). The molecule has 3 aromatic rings. The molecule has 1 aliphatic heterocycles. The maximum Gasteiger partial charge on any atom is 0.300 e. The van der Waals surface area contributed by atoms with Gasteiger partial charge in [0.15, 0.2) is 11.5 Å². The van der Waals surface area contributed by atoms with Crippen molar-refractivity contribution in [2.75, 3.05) is 25.7 Å². The van der Waals surface area contributed by atoms with Crippen molar-refractivity contribution in [3.05, 3.63) is 88.5 Å². The Labute approximate surface area is 223 Å². The monoisotopic (exact) mass is 515 g/mol. The molecule has 7 nitrogen and oxygen atoms in total. The summed E-state index contributed by atoms with van der Waals surface area (Å²) >= 11 is 0. The minimum atomic E-state index is -0.838. The Morgan fingerprint density at radius 2 is 1.58 bits per heavy atom. The number of ketones is 1. The van der Waals surface area contributed by atoms with E-state index in [0.717, 1.165) is 24.0 Å². The van der Waals surface area contributed by atoms with Gasteiger partial charge in [-0.25, -0.2) is 0 Å². The lowest BCUT2D eigenvalue weighted by molar-refractivity contribution is -0.132. The van der Waals surface area contributed by atoms with E-state index >= 15 is 0 Å². The lowest BCUT2D eigenvalue weighted by atomic mass is 9.94. The molecule has 7 heteroatoms. The molecule has 1 atom stereocenters. The number of amides is 1. The number of aliphatic hydroxyl groups is 1. The molecule has 38 heavy (non-hydrogen) atoms. The summed E-state index contributed by atoms with van der Waals surface area (Å²) in [6.45, 7) is 6.54. The van der Waals surface area contributed by atoms with Gasteiger partial charge in [-0.1, -0.05) is 38.1 Å². The first-order valence-electron chi connectivity index (χ1n) is 12.7. The van der Waals surface area contributed by atoms with Crippen molar-refractivity contribution >= 4 is 23.1 Å². The number of ether oxygens (including phenoxy) is 3. The number of aryl methyl sites for hydroxylation is 2. The van der Waals surface area contributed by atoms with Crippen LogP contribution in [0.3, 0.4) is 0 Å². The summed E-state index contributed by atoms with van der Waals surface area (Å²) in [6.07, 6.45) is 1.72. The zero-order chi connectivity index (χ0) is 27.4. The van der Waals surface area contributed by atoms with Crippen LogP contribution in [0.15, 0.2) is 66.2 Å². The number of carbonyl (C=O) groups excluding carboxylic acids is 2. The van der Waals surface area contributed by atoms with E-state index in [-0.39, 0.29) is 11.3 Å². The minimum absolute atomic E-state index is 0.0238. The van der Waals surface area contributed by atoms with Crippen molar-refractivity contribution in [1.82, 2.24) is 0 Å². The molecule has 0 radical (unpaired) electrons. The van der Waals surface area contributed by atoms with Crippen LogP contribution in [0.4, 0.5) is 5.69 Å². The highest BCUT2D eigenvalue weighted by molar-refractivity contribution is 6.51. The molecular formula is C31H33NO6. The summed E-state index contributed by atoms with van der Waals surface area (Å²) < 4.78 is 16.6. The van der Waals surface area contributed by atoms with Crippen molar-refractivity contribution in [2.45, 2.75) is 39.7 Å². The Morgan fingerprint density at radius 1 is 0.895 bits per heavy atom. The second kappa shape index (κ2) is 11.4. The van der Waals surface area contributed by atoms with Gasteiger partial charge in [0.1, 0.15) is 11.5 Å². The van der Waals surface area contributed by atoms with Crippen molar-refractivity contribution in [2.24, 2.45) is 0 Å². The number of benzene rings is 3. The van der Waals surface area contributed by atoms with Crippen LogP contribution in [-0.4, -0.2) is 37.6 Å². The Morgan fingerprint density at radius 3 is 2.18 bits per heavy atom. The summed E-state index contributed by atoms with van der Waals surface area (Å²) in [5, 5.41) is 11.5. The van der Waals surface area contributed by atoms with Crippen LogP contribution in [-0.2, 0) is 16.0 Å². The average molecular weight is 516 g/mol. The number of aliphatic hydroxyl groups excluding tert-OH is 1. The van der Waals surface area contributed by atoms with Gasteiger partial charge in [-0.15, -0.1) is 0 Å². The smallest absolute Gasteiger partial charge is 0.300 e. The first-order valence-corrected chi connectivity index (χ1v) is 12.7. The molecule has 1 heterocycles. The Hall–Kier alpha value is -4.26. The van der Waals surface area contributed by atoms with E-state index in [0.29, 0.717) is 40.7 Å². The Kier molecular flexibility index (Phi) is 8.05. The molecule has 1 amide bonds. The lowest BCUT2D eigenvalue weighted by Crippen LogP contribution is -2.29. The Balaban J connectivity index is 1.89. The molecule has 1 fully saturated rings. The molecule has 1 N–H and O–H groups in total. The SMILES string of the molecule is CCCOc1ccc(/C(O)=C2\C(=O)C(=O)N(c3ccc(OC)c(OC)c3)C2c2ccc(CC)cc2)cc1C. The van der Waals surface area contributed by atoms with Crippen LogP contribution in [0.2, 0.25) is 0 Å². The van der Waals surface area contributed by atoms with Gasteiger partial charge in [0.05, 0.1) is 32.4 Å². The third kappa shape index (κ3) is 4.96. The summed E-state index contributed by atoms with van der Waals surface area (Å²) in [5.74, 6) is -0.0986. The zero-order valence-electron chi connectivity index (χ0n) is 22.4. The quantitative estimate of drug-likeness (QED) is 0.214. The van der Waals surface area contributed by atoms with E-state index in [9.17, 15) is 14.7 Å². The van der Waals surface area contributed by atoms with Crippen LogP contribution in [0.5, 0.6) is 17.2 Å². The fourth-order valence-corrected chi connectivity index (χ4v) is 4.65. The molecule has 3 aromatic carbocycles. The molecule has 1 aliphatic rings. The van der Waals surface area contributed by atoms with Crippen molar-refractivity contribution in [3.63, 3.8) is 0 Å². The van der Waals surface area contributed by atoms with Crippen molar-refractivity contribution in [1.29, 1.82) is 0 Å². The molecule has 1 saturated heterocycles. The number of carbonyl (C=O) groups is 2. The molecule has 1 unspecified atom stereocenters. The summed E-state index contributed by atoms with van der Waals surface area (Å²) in [7, 11) is 3.03. The molecule has 198 valence electrons. The fraction of sp³-hybridized carbons (Fsp3) is 0.290. The highest BCUT2D eigenvalue weighted by atomic mass is 16.5. The molecule has 0 aliphatic carbocycles. The zero-order valence-corrected chi connectivity index (χ0v) is 22.4. The predicted molar refractivity (Wildman–Crippen MR) is 147 cm³/mol. The number of rotatable bonds is 9. The summed E-state index contributed by atoms with van der Waals surface area (Å²) in [5.41, 5.74) is 3.56. The Bertz CT molecular complexity index is 1380. The van der Waals surface area contributed by atoms with Gasteiger partial charge in [0, 0.05) is 17.3 Å². The summed E-state index contributed by atoms with van der Waals surface area (Å²) in [6, 6.07) is 17.2. The van der Waals surface area contributed by atoms with E-state index in [1.807, 2.05) is 38.1 Å². The van der Waals surface area contributed by atoms with Crippen molar-refractivity contribution in [3.8, 4) is 17.2 Å². The fourth-order valence-electron chi connectivity index (χ4n) is 4.65. The topological polar surface area (TPSA) is 85.3 Å². The molecule has 0 bridgehead atoms. The highest BCUT2D eigenvalue weighted by Gasteiger charge is 2.47. The summed E-state index contributed by atoms with van der Waals surface area (Å²) in [4.78, 5) is 28.4. The van der Waals surface area contributed by atoms with Crippen LogP contribution < -0.4 is 19.1 Å². The van der Waals surface area contributed by atoms with E-state index in [1.165, 1.54) is 19.1 Å². The number of Topliss-reactive ketones (excluding diaryl/α,β-unsaturated/α-hetero) is 1. The maximum atomic E-state index is 13.5. The second-order valence-electron chi connectivity index (χ2n) is 9.13. The first kappa shape index (κ1) is 26.8. The van der Waals surface area contributed by atoms with Gasteiger partial charge in [-0.3, -0.25) is 14.5 Å². The van der Waals surface area contributed by atoms with Gasteiger partial charge in [0.2, 0.25) is 0 Å². The van der Waals surface area contributed by atoms with Gasteiger partial charge >= 0.3 is 0 Å². The molecule has 0 aromatic heterocycles. The average Bonchev–Trinajstić information content (AvgIpc) is 3.21. The van der Waals surface area contributed by atoms with E-state index < -0.39 is 17.7 Å². The van der Waals surface area contributed by atoms with E-state index in [1.54, 1.807) is 36.4 Å². The second-order valence-corrected chi connectivity index (χ2v) is 9.13. The van der Waals surface area contributed by atoms with Crippen molar-refractivity contribution < 1.29 is 28.9 Å². The van der Waals surface area contributed by atoms with Gasteiger partial charge < -0.3 is 19.3 Å². The minimum Gasteiger partial charge on any atom is -0.507 e. The first-order chi connectivity index (χ1) is 18.3. The molecule has 0 saturated carbocycles. The largest absolute Gasteiger partial charge is 0.507 e. The number of methoxy groups -OCH3 is 2. The molecular weight excluding hydrogens is 482 g/mol. The number of hydrogen-bond donors (Lipinski definition) is 1. The van der Waals surface area contributed by atoms with Gasteiger partial charge in [-0.2, -0.15) is 0 Å². The molecule has 0 spiro atoms. The highest BCUT2D eigenvalue weighted by Crippen LogP contribution is 2.44. The van der Waals surface area contributed by atoms with E-state index in [4.69, 9.17) is 14.2 Å². The third-order valence-corrected chi connectivity index (χ3v) is 6.70. The maximum absolute atomic E-state index is 13.5. The number of nitrogens with zero attached hydrogens (tertiary/aromatic N) is 1. The van der Waals surface area contributed by atoms with Crippen LogP contribution in [0.1, 0.15) is 48.6 Å². The number of hydrogen-bond acceptors (Lipinski definition) is 6. The third-order valence-electron chi connectivity index (χ3n) is 6.70. The van der Waals surface area contributed by atoms with E-state index in [2.05, 4.69) is 6.92 Å². The number of anilines is 1. The van der Waals surface area contributed by atoms with Crippen LogP contribution >= 0.6 is 0 Å². The van der Waals surface area contributed by atoms with Gasteiger partial charge in [-0.05, 0) is 66.8 Å². The van der Waals surface area contributed by atoms with Gasteiger partial charge in [0.25, 0.3) is 11.7 Å². The van der Waals surface area contributed by atoms with Crippen LogP contribution in [0, 0.1) is 6.92 Å². The normalized spacial score (nSPS) is 16.6. The van der Waals surface area contributed by atoms with Crippen LogP contribution in [0.25, 0.3) is 5.76 Å². The standard InChI is InChI=1S/C31H33NO6/c1-6-16-38-24-14-12-22(17-19(24)3)29(33)27-28(21-10-8-20(7-2)9-11-21)32(31(35)30(27)34)23-13-15-25(36-4)26(18-23)37-5/h8-15,17-18,28,33H,6-7,16H2,1-5H3/b29-27+. The lowest BCUT2D eigenvalue weighted by Gasteiger charge is -2.26.